The van der Waals surface area contributed by atoms with Crippen LogP contribution in [0.1, 0.15) is 50.0 Å². The van der Waals surface area contributed by atoms with E-state index in [0.29, 0.717) is 25.2 Å². The lowest BCUT2D eigenvalue weighted by molar-refractivity contribution is -0.132. The van der Waals surface area contributed by atoms with Crippen LogP contribution in [0.5, 0.6) is 0 Å². The number of terminal acetylenes is 1. The fourth-order valence-electron chi connectivity index (χ4n) is 3.24. The summed E-state index contributed by atoms with van der Waals surface area (Å²) in [6, 6.07) is 4.10. The van der Waals surface area contributed by atoms with Crippen molar-refractivity contribution >= 4 is 5.91 Å². The van der Waals surface area contributed by atoms with Crippen LogP contribution in [0.4, 0.5) is 0 Å². The van der Waals surface area contributed by atoms with Crippen molar-refractivity contribution in [2.75, 3.05) is 13.1 Å². The van der Waals surface area contributed by atoms with Crippen LogP contribution >= 0.6 is 0 Å². The van der Waals surface area contributed by atoms with Crippen molar-refractivity contribution < 1.29 is 4.79 Å². The third kappa shape index (κ3) is 3.95. The van der Waals surface area contributed by atoms with E-state index in [9.17, 15) is 4.79 Å². The lowest BCUT2D eigenvalue weighted by Crippen LogP contribution is -2.39. The van der Waals surface area contributed by atoms with Crippen molar-refractivity contribution in [3.63, 3.8) is 0 Å². The first-order valence-electron chi connectivity index (χ1n) is 8.28. The van der Waals surface area contributed by atoms with Gasteiger partial charge in [0.1, 0.15) is 0 Å². The largest absolute Gasteiger partial charge is 0.342 e. The van der Waals surface area contributed by atoms with Gasteiger partial charge in [-0.25, -0.2) is 0 Å². The number of carbonyl (C=O) groups excluding carboxylic acids is 1. The summed E-state index contributed by atoms with van der Waals surface area (Å²) < 4.78 is 0. The lowest BCUT2D eigenvalue weighted by Gasteiger charge is -2.33. The number of piperidine rings is 1. The second-order valence-electron chi connectivity index (χ2n) is 6.35. The van der Waals surface area contributed by atoms with E-state index in [4.69, 9.17) is 6.42 Å². The molecule has 1 aromatic rings. The predicted molar refractivity (Wildman–Crippen MR) is 87.7 cm³/mol. The molecule has 0 saturated carbocycles. The summed E-state index contributed by atoms with van der Waals surface area (Å²) >= 11 is 0. The number of carbonyl (C=O) groups is 1. The minimum absolute atomic E-state index is 0.209. The average molecular weight is 310 g/mol. The van der Waals surface area contributed by atoms with Crippen molar-refractivity contribution in [3.8, 4) is 12.3 Å². The van der Waals surface area contributed by atoms with Crippen molar-refractivity contribution in [3.05, 3.63) is 30.1 Å². The van der Waals surface area contributed by atoms with E-state index in [2.05, 4.69) is 33.3 Å². The van der Waals surface area contributed by atoms with Gasteiger partial charge in [-0.05, 0) is 30.5 Å². The van der Waals surface area contributed by atoms with E-state index in [0.717, 1.165) is 32.4 Å². The molecular weight excluding hydrogens is 288 g/mol. The Balaban J connectivity index is 1.51. The predicted octanol–water partition coefficient (Wildman–Crippen LogP) is 3.14. The fraction of sp³-hybridized carbons (Fsp3) is 0.556. The molecule has 0 aliphatic carbocycles. The number of hydrogen-bond donors (Lipinski definition) is 0. The molecule has 0 aromatic carbocycles. The first-order valence-corrected chi connectivity index (χ1v) is 8.28. The monoisotopic (exact) mass is 310 g/mol. The average Bonchev–Trinajstić information content (AvgIpc) is 3.39. The molecule has 3 heterocycles. The van der Waals surface area contributed by atoms with E-state index < -0.39 is 0 Å². The Morgan fingerprint density at radius 1 is 1.35 bits per heavy atom. The molecule has 1 amide bonds. The second kappa shape index (κ2) is 6.91. The molecule has 0 radical (unpaired) electrons. The zero-order valence-corrected chi connectivity index (χ0v) is 13.3. The van der Waals surface area contributed by atoms with Gasteiger partial charge in [0.15, 0.2) is 5.66 Å². The molecule has 1 unspecified atom stereocenters. The van der Waals surface area contributed by atoms with Gasteiger partial charge in [0, 0.05) is 57.1 Å². The molecule has 23 heavy (non-hydrogen) atoms. The first kappa shape index (κ1) is 15.7. The highest BCUT2D eigenvalue weighted by Crippen LogP contribution is 2.38. The molecule has 2 aliphatic rings. The number of hydrogen-bond acceptors (Lipinski definition) is 4. The third-order valence-corrected chi connectivity index (χ3v) is 4.74. The molecule has 5 nitrogen and oxygen atoms in total. The number of nitrogens with zero attached hydrogens (tertiary/aromatic N) is 4. The standard InChI is InChI=1S/C18H22N4O/c1-2-3-9-18(20-21-18)10-6-17(23)22-13-4-5-16(14-22)15-7-11-19-12-8-15/h1,7-8,11-12,16H,3-6,9-10,13-14H2. The van der Waals surface area contributed by atoms with Crippen LogP contribution in [0.25, 0.3) is 0 Å². The minimum Gasteiger partial charge on any atom is -0.342 e. The molecule has 0 spiro atoms. The first-order chi connectivity index (χ1) is 11.2. The molecule has 1 saturated heterocycles. The zero-order chi connectivity index (χ0) is 16.1. The Morgan fingerprint density at radius 3 is 2.83 bits per heavy atom. The molecule has 1 aromatic heterocycles. The molecule has 0 N–H and O–H groups in total. The smallest absolute Gasteiger partial charge is 0.222 e. The molecule has 0 bridgehead atoms. The quantitative estimate of drug-likeness (QED) is 0.758. The second-order valence-corrected chi connectivity index (χ2v) is 6.35. The van der Waals surface area contributed by atoms with Gasteiger partial charge < -0.3 is 4.90 Å². The Bertz CT molecular complexity index is 614. The highest BCUT2D eigenvalue weighted by atomic mass is 16.2. The molecule has 120 valence electrons. The maximum atomic E-state index is 12.5. The van der Waals surface area contributed by atoms with Crippen LogP contribution in [-0.4, -0.2) is 34.5 Å². The van der Waals surface area contributed by atoms with Gasteiger partial charge >= 0.3 is 0 Å². The summed E-state index contributed by atoms with van der Waals surface area (Å²) in [5, 5.41) is 8.21. The number of likely N-dealkylation sites (tertiary alicyclic amines) is 1. The van der Waals surface area contributed by atoms with Gasteiger partial charge in [-0.1, -0.05) is 0 Å². The fourth-order valence-corrected chi connectivity index (χ4v) is 3.24. The molecule has 5 heteroatoms. The zero-order valence-electron chi connectivity index (χ0n) is 13.3. The van der Waals surface area contributed by atoms with Crippen molar-refractivity contribution in [2.45, 2.75) is 50.1 Å². The van der Waals surface area contributed by atoms with Gasteiger partial charge in [-0.15, -0.1) is 12.3 Å². The van der Waals surface area contributed by atoms with Gasteiger partial charge in [-0.2, -0.15) is 10.2 Å². The summed E-state index contributed by atoms with van der Waals surface area (Å²) in [5.74, 6) is 3.25. The van der Waals surface area contributed by atoms with E-state index in [-0.39, 0.29) is 11.6 Å². The van der Waals surface area contributed by atoms with Gasteiger partial charge in [0.25, 0.3) is 0 Å². The van der Waals surface area contributed by atoms with Gasteiger partial charge in [0.2, 0.25) is 5.91 Å². The summed E-state index contributed by atoms with van der Waals surface area (Å²) in [7, 11) is 0. The van der Waals surface area contributed by atoms with Crippen LogP contribution in [0.2, 0.25) is 0 Å². The SMILES string of the molecule is C#CCCC1(CCC(=O)N2CCCC(c3ccncc3)C2)N=N1. The van der Waals surface area contributed by atoms with Gasteiger partial charge in [0.05, 0.1) is 0 Å². The van der Waals surface area contributed by atoms with E-state index in [1.54, 1.807) is 0 Å². The Labute approximate surface area is 137 Å². The minimum atomic E-state index is -0.359. The molecule has 3 rings (SSSR count). The topological polar surface area (TPSA) is 57.9 Å². The van der Waals surface area contributed by atoms with Crippen LogP contribution in [-0.2, 0) is 4.79 Å². The summed E-state index contributed by atoms with van der Waals surface area (Å²) in [4.78, 5) is 18.6. The van der Waals surface area contributed by atoms with Crippen LogP contribution in [0, 0.1) is 12.3 Å². The normalized spacial score (nSPS) is 21.7. The summed E-state index contributed by atoms with van der Waals surface area (Å²) in [6.07, 6.45) is 13.7. The van der Waals surface area contributed by atoms with Crippen LogP contribution in [0.15, 0.2) is 34.8 Å². The Morgan fingerprint density at radius 2 is 2.13 bits per heavy atom. The van der Waals surface area contributed by atoms with Crippen LogP contribution in [0.3, 0.4) is 0 Å². The number of aromatic nitrogens is 1. The summed E-state index contributed by atoms with van der Waals surface area (Å²) in [5.41, 5.74) is 0.915. The number of rotatable bonds is 6. The Kier molecular flexibility index (Phi) is 4.71. The summed E-state index contributed by atoms with van der Waals surface area (Å²) in [6.45, 7) is 1.65. The van der Waals surface area contributed by atoms with Crippen molar-refractivity contribution in [2.24, 2.45) is 10.2 Å². The third-order valence-electron chi connectivity index (χ3n) is 4.74. The van der Waals surface area contributed by atoms with Crippen molar-refractivity contribution in [1.29, 1.82) is 0 Å². The number of amides is 1. The molecule has 1 atom stereocenters. The number of pyridine rings is 1. The van der Waals surface area contributed by atoms with E-state index >= 15 is 0 Å². The molecular formula is C18H22N4O. The maximum Gasteiger partial charge on any atom is 0.222 e. The highest BCUT2D eigenvalue weighted by Gasteiger charge is 2.39. The highest BCUT2D eigenvalue weighted by molar-refractivity contribution is 5.76. The van der Waals surface area contributed by atoms with Crippen LogP contribution < -0.4 is 0 Å². The lowest BCUT2D eigenvalue weighted by atomic mass is 9.91. The van der Waals surface area contributed by atoms with E-state index in [1.807, 2.05) is 17.3 Å². The molecule has 2 aliphatic heterocycles. The van der Waals surface area contributed by atoms with Gasteiger partial charge in [-0.3, -0.25) is 9.78 Å². The maximum absolute atomic E-state index is 12.5. The Hall–Kier alpha value is -2.22. The van der Waals surface area contributed by atoms with Crippen molar-refractivity contribution in [1.82, 2.24) is 9.88 Å². The molecule has 1 fully saturated rings. The van der Waals surface area contributed by atoms with E-state index in [1.165, 1.54) is 5.56 Å².